The summed E-state index contributed by atoms with van der Waals surface area (Å²) in [6, 6.07) is 4.99. The first kappa shape index (κ1) is 11.5. The fraction of sp³-hybridized carbons (Fsp3) is 0.308. The molecule has 0 saturated carbocycles. The lowest BCUT2D eigenvalue weighted by atomic mass is 9.84. The molecule has 0 radical (unpaired) electrons. The second-order valence-corrected chi connectivity index (χ2v) is 4.79. The van der Waals surface area contributed by atoms with E-state index in [-0.39, 0.29) is 5.75 Å². The predicted molar refractivity (Wildman–Crippen MR) is 65.2 cm³/mol. The molecule has 1 heterocycles. The molecule has 90 valence electrons. The number of fused-ring (bicyclic) bond motifs is 1. The Bertz CT molecular complexity index is 596. The molecule has 0 unspecified atom stereocenters. The van der Waals surface area contributed by atoms with Crippen LogP contribution in [0, 0.1) is 0 Å². The number of aromatic hydroxyl groups is 1. The number of rotatable bonds is 2. The second-order valence-electron chi connectivity index (χ2n) is 4.79. The van der Waals surface area contributed by atoms with Gasteiger partial charge in [-0.2, -0.15) is 0 Å². The molecule has 0 saturated heterocycles. The fourth-order valence-electron chi connectivity index (χ4n) is 1.99. The van der Waals surface area contributed by atoms with E-state index in [2.05, 4.69) is 0 Å². The Morgan fingerprint density at radius 1 is 1.35 bits per heavy atom. The monoisotopic (exact) mass is 233 g/mol. The van der Waals surface area contributed by atoms with Gasteiger partial charge >= 0.3 is 5.97 Å². The first-order valence-electron chi connectivity index (χ1n) is 5.36. The third-order valence-corrected chi connectivity index (χ3v) is 3.18. The van der Waals surface area contributed by atoms with Crippen LogP contribution in [0.3, 0.4) is 0 Å². The van der Waals surface area contributed by atoms with Gasteiger partial charge in [0.25, 0.3) is 0 Å². The third kappa shape index (κ3) is 1.65. The maximum absolute atomic E-state index is 11.3. The first-order valence-corrected chi connectivity index (χ1v) is 5.36. The molecular weight excluding hydrogens is 218 g/mol. The van der Waals surface area contributed by atoms with Crippen molar-refractivity contribution in [3.8, 4) is 5.75 Å². The molecule has 4 heteroatoms. The van der Waals surface area contributed by atoms with E-state index in [1.165, 1.54) is 0 Å². The van der Waals surface area contributed by atoms with E-state index < -0.39 is 11.4 Å². The highest BCUT2D eigenvalue weighted by Crippen LogP contribution is 2.33. The molecule has 2 rings (SSSR count). The minimum absolute atomic E-state index is 0.145. The highest BCUT2D eigenvalue weighted by molar-refractivity contribution is 5.92. The van der Waals surface area contributed by atoms with Crippen LogP contribution in [-0.2, 0) is 17.3 Å². The lowest BCUT2D eigenvalue weighted by Crippen LogP contribution is -2.28. The standard InChI is InChI=1S/C13H15NO3/c1-13(2,12(16)17)10-7-14(3)11-5-4-8(15)6-9(10)11/h4-7,15H,1-3H3,(H,16,17). The number of carboxylic acid groups (broad SMARTS) is 1. The van der Waals surface area contributed by atoms with Gasteiger partial charge in [-0.15, -0.1) is 0 Å². The molecule has 1 aromatic heterocycles. The quantitative estimate of drug-likeness (QED) is 0.836. The Balaban J connectivity index is 2.79. The molecule has 0 amide bonds. The molecule has 0 aliphatic heterocycles. The fourth-order valence-corrected chi connectivity index (χ4v) is 1.99. The van der Waals surface area contributed by atoms with Gasteiger partial charge in [-0.25, -0.2) is 0 Å². The van der Waals surface area contributed by atoms with Crippen molar-refractivity contribution >= 4 is 16.9 Å². The molecule has 0 atom stereocenters. The van der Waals surface area contributed by atoms with Gasteiger partial charge in [0.15, 0.2) is 0 Å². The lowest BCUT2D eigenvalue weighted by molar-refractivity contribution is -0.142. The smallest absolute Gasteiger partial charge is 0.313 e. The number of aryl methyl sites for hydroxylation is 1. The van der Waals surface area contributed by atoms with Crippen molar-refractivity contribution in [1.82, 2.24) is 4.57 Å². The van der Waals surface area contributed by atoms with Gasteiger partial charge < -0.3 is 14.8 Å². The van der Waals surface area contributed by atoms with Crippen LogP contribution in [0.15, 0.2) is 24.4 Å². The van der Waals surface area contributed by atoms with Crippen molar-refractivity contribution in [3.63, 3.8) is 0 Å². The Kier molecular flexibility index (Phi) is 2.38. The topological polar surface area (TPSA) is 62.5 Å². The molecule has 0 bridgehead atoms. The van der Waals surface area contributed by atoms with Crippen LogP contribution in [0.5, 0.6) is 5.75 Å². The van der Waals surface area contributed by atoms with Crippen LogP contribution in [0.2, 0.25) is 0 Å². The van der Waals surface area contributed by atoms with Gasteiger partial charge in [-0.1, -0.05) is 0 Å². The Morgan fingerprint density at radius 3 is 2.59 bits per heavy atom. The average molecular weight is 233 g/mol. The van der Waals surface area contributed by atoms with E-state index in [0.29, 0.717) is 5.56 Å². The Morgan fingerprint density at radius 2 is 2.00 bits per heavy atom. The van der Waals surface area contributed by atoms with Crippen molar-refractivity contribution in [2.24, 2.45) is 7.05 Å². The normalized spacial score (nSPS) is 11.9. The van der Waals surface area contributed by atoms with Crippen molar-refractivity contribution in [2.45, 2.75) is 19.3 Å². The van der Waals surface area contributed by atoms with Crippen LogP contribution >= 0.6 is 0 Å². The highest BCUT2D eigenvalue weighted by atomic mass is 16.4. The van der Waals surface area contributed by atoms with Crippen molar-refractivity contribution in [3.05, 3.63) is 30.0 Å². The molecule has 2 aromatic rings. The number of benzene rings is 1. The zero-order chi connectivity index (χ0) is 12.8. The maximum Gasteiger partial charge on any atom is 0.313 e. The molecule has 1 aromatic carbocycles. The van der Waals surface area contributed by atoms with Gasteiger partial charge in [0.2, 0.25) is 0 Å². The molecular formula is C13H15NO3. The average Bonchev–Trinajstić information content (AvgIpc) is 2.56. The molecule has 0 fully saturated rings. The third-order valence-electron chi connectivity index (χ3n) is 3.18. The van der Waals surface area contributed by atoms with E-state index in [1.807, 2.05) is 11.6 Å². The van der Waals surface area contributed by atoms with Gasteiger partial charge in [0.1, 0.15) is 5.75 Å². The number of nitrogens with zero attached hydrogens (tertiary/aromatic N) is 1. The number of hydrogen-bond donors (Lipinski definition) is 2. The summed E-state index contributed by atoms with van der Waals surface area (Å²) in [5.74, 6) is -0.737. The summed E-state index contributed by atoms with van der Waals surface area (Å²) in [7, 11) is 1.86. The lowest BCUT2D eigenvalue weighted by Gasteiger charge is -2.18. The molecule has 0 spiro atoms. The van der Waals surface area contributed by atoms with Gasteiger partial charge in [0, 0.05) is 24.1 Å². The molecule has 17 heavy (non-hydrogen) atoms. The summed E-state index contributed by atoms with van der Waals surface area (Å²) in [5, 5.41) is 19.6. The van der Waals surface area contributed by atoms with Crippen LogP contribution < -0.4 is 0 Å². The zero-order valence-corrected chi connectivity index (χ0v) is 10.1. The van der Waals surface area contributed by atoms with E-state index in [1.54, 1.807) is 38.2 Å². The highest BCUT2D eigenvalue weighted by Gasteiger charge is 2.32. The number of carbonyl (C=O) groups is 1. The van der Waals surface area contributed by atoms with Crippen molar-refractivity contribution in [2.75, 3.05) is 0 Å². The number of carboxylic acids is 1. The molecule has 2 N–H and O–H groups in total. The van der Waals surface area contributed by atoms with Crippen LogP contribution in [0.25, 0.3) is 10.9 Å². The number of phenols is 1. The number of hydrogen-bond acceptors (Lipinski definition) is 2. The van der Waals surface area contributed by atoms with E-state index in [4.69, 9.17) is 0 Å². The minimum atomic E-state index is -0.979. The van der Waals surface area contributed by atoms with Gasteiger partial charge in [-0.3, -0.25) is 4.79 Å². The van der Waals surface area contributed by atoms with E-state index in [9.17, 15) is 15.0 Å². The van der Waals surface area contributed by atoms with Crippen LogP contribution in [-0.4, -0.2) is 20.7 Å². The Hall–Kier alpha value is -1.97. The number of phenolic OH excluding ortho intramolecular Hbond substituents is 1. The summed E-state index contributed by atoms with van der Waals surface area (Å²) in [4.78, 5) is 11.3. The summed E-state index contributed by atoms with van der Waals surface area (Å²) in [5.41, 5.74) is 0.637. The van der Waals surface area contributed by atoms with E-state index >= 15 is 0 Å². The maximum atomic E-state index is 11.3. The molecule has 0 aliphatic rings. The first-order chi connectivity index (χ1) is 7.84. The number of aromatic nitrogens is 1. The second kappa shape index (κ2) is 3.52. The van der Waals surface area contributed by atoms with E-state index in [0.717, 1.165) is 10.9 Å². The van der Waals surface area contributed by atoms with Gasteiger partial charge in [0.05, 0.1) is 5.41 Å². The SMILES string of the molecule is Cn1cc(C(C)(C)C(=O)O)c2cc(O)ccc21. The minimum Gasteiger partial charge on any atom is -0.508 e. The van der Waals surface area contributed by atoms with Crippen LogP contribution in [0.1, 0.15) is 19.4 Å². The van der Waals surface area contributed by atoms with Crippen LogP contribution in [0.4, 0.5) is 0 Å². The summed E-state index contributed by atoms with van der Waals surface area (Å²) >= 11 is 0. The molecule has 0 aliphatic carbocycles. The largest absolute Gasteiger partial charge is 0.508 e. The predicted octanol–water partition coefficient (Wildman–Crippen LogP) is 2.25. The Labute approximate surface area is 99.1 Å². The number of aliphatic carboxylic acids is 1. The van der Waals surface area contributed by atoms with Crippen molar-refractivity contribution in [1.29, 1.82) is 0 Å². The van der Waals surface area contributed by atoms with Gasteiger partial charge in [-0.05, 0) is 37.6 Å². The summed E-state index contributed by atoms with van der Waals surface area (Å²) in [6.45, 7) is 3.32. The van der Waals surface area contributed by atoms with Crippen molar-refractivity contribution < 1.29 is 15.0 Å². The zero-order valence-electron chi connectivity index (χ0n) is 10.1. The summed E-state index contributed by atoms with van der Waals surface area (Å²) < 4.78 is 1.87. The molecule has 4 nitrogen and oxygen atoms in total. The summed E-state index contributed by atoms with van der Waals surface area (Å²) in [6.07, 6.45) is 1.80.